The Morgan fingerprint density at radius 3 is 2.79 bits per heavy atom. The van der Waals surface area contributed by atoms with E-state index in [0.717, 1.165) is 0 Å². The molecule has 1 rings (SSSR count). The zero-order chi connectivity index (χ0) is 14.4. The number of rotatable bonds is 6. The first kappa shape index (κ1) is 14.9. The van der Waals surface area contributed by atoms with E-state index in [-0.39, 0.29) is 24.1 Å². The lowest BCUT2D eigenvalue weighted by Gasteiger charge is -2.13. The molecule has 0 aliphatic heterocycles. The molecule has 0 aromatic carbocycles. The number of hydrogen-bond acceptors (Lipinski definition) is 6. The predicted octanol–water partition coefficient (Wildman–Crippen LogP) is 2.05. The Bertz CT molecular complexity index is 476. The Morgan fingerprint density at radius 2 is 2.26 bits per heavy atom. The number of aromatic nitrogens is 1. The Hall–Kier alpha value is -2.18. The Labute approximate surface area is 111 Å². The van der Waals surface area contributed by atoms with E-state index in [2.05, 4.69) is 10.3 Å². The third kappa shape index (κ3) is 4.53. The summed E-state index contributed by atoms with van der Waals surface area (Å²) in [6, 6.07) is 2.75. The predicted molar refractivity (Wildman–Crippen MR) is 70.0 cm³/mol. The van der Waals surface area contributed by atoms with Gasteiger partial charge in [0.25, 0.3) is 5.69 Å². The highest BCUT2D eigenvalue weighted by molar-refractivity contribution is 5.70. The molecule has 0 fully saturated rings. The molecule has 0 radical (unpaired) electrons. The standard InChI is InChI=1S/C12H17N3O4/c1-4-19-12(16)7-8(2)13-11-6-5-10(15(17)18)9(3)14-11/h5-6,8H,4,7H2,1-3H3,(H,13,14). The minimum Gasteiger partial charge on any atom is -0.466 e. The van der Waals surface area contributed by atoms with Gasteiger partial charge in [0.15, 0.2) is 0 Å². The van der Waals surface area contributed by atoms with Crippen molar-refractivity contribution < 1.29 is 14.5 Å². The molecule has 0 amide bonds. The van der Waals surface area contributed by atoms with Crippen LogP contribution in [-0.4, -0.2) is 28.5 Å². The Balaban J connectivity index is 2.65. The smallest absolute Gasteiger partial charge is 0.307 e. The third-order valence-electron chi connectivity index (χ3n) is 2.43. The average Bonchev–Trinajstić information content (AvgIpc) is 2.28. The fourth-order valence-electron chi connectivity index (χ4n) is 1.60. The van der Waals surface area contributed by atoms with Crippen LogP contribution in [0.1, 0.15) is 26.0 Å². The fourth-order valence-corrected chi connectivity index (χ4v) is 1.60. The van der Waals surface area contributed by atoms with Crippen LogP contribution in [0.5, 0.6) is 0 Å². The SMILES string of the molecule is CCOC(=O)CC(C)Nc1ccc([N+](=O)[O-])c(C)n1. The number of anilines is 1. The Kier molecular flexibility index (Phi) is 5.23. The highest BCUT2D eigenvalue weighted by atomic mass is 16.6. The van der Waals surface area contributed by atoms with E-state index in [1.54, 1.807) is 13.8 Å². The molecule has 7 nitrogen and oxygen atoms in total. The lowest BCUT2D eigenvalue weighted by Crippen LogP contribution is -2.21. The summed E-state index contributed by atoms with van der Waals surface area (Å²) in [5, 5.41) is 13.7. The zero-order valence-corrected chi connectivity index (χ0v) is 11.2. The second-order valence-corrected chi connectivity index (χ2v) is 4.11. The van der Waals surface area contributed by atoms with Crippen LogP contribution in [0.25, 0.3) is 0 Å². The van der Waals surface area contributed by atoms with Crippen molar-refractivity contribution >= 4 is 17.5 Å². The Morgan fingerprint density at radius 1 is 1.58 bits per heavy atom. The van der Waals surface area contributed by atoms with Gasteiger partial charge in [0.05, 0.1) is 18.0 Å². The van der Waals surface area contributed by atoms with Crippen molar-refractivity contribution in [3.63, 3.8) is 0 Å². The van der Waals surface area contributed by atoms with Crippen LogP contribution >= 0.6 is 0 Å². The lowest BCUT2D eigenvalue weighted by molar-refractivity contribution is -0.385. The number of ether oxygens (including phenoxy) is 1. The van der Waals surface area contributed by atoms with E-state index in [1.807, 2.05) is 6.92 Å². The minimum atomic E-state index is -0.478. The normalized spacial score (nSPS) is 11.7. The van der Waals surface area contributed by atoms with Crippen LogP contribution in [0.4, 0.5) is 11.5 Å². The molecule has 1 aromatic rings. The topological polar surface area (TPSA) is 94.4 Å². The molecule has 7 heteroatoms. The van der Waals surface area contributed by atoms with E-state index in [9.17, 15) is 14.9 Å². The van der Waals surface area contributed by atoms with Gasteiger partial charge in [-0.3, -0.25) is 14.9 Å². The van der Waals surface area contributed by atoms with Gasteiger partial charge in [0, 0.05) is 12.1 Å². The number of carbonyl (C=O) groups excluding carboxylic acids is 1. The number of esters is 1. The molecule has 0 spiro atoms. The quantitative estimate of drug-likeness (QED) is 0.481. The molecule has 1 heterocycles. The van der Waals surface area contributed by atoms with Crippen LogP contribution in [0.3, 0.4) is 0 Å². The van der Waals surface area contributed by atoms with Crippen molar-refractivity contribution in [3.05, 3.63) is 27.9 Å². The van der Waals surface area contributed by atoms with Gasteiger partial charge in [-0.05, 0) is 26.8 Å². The van der Waals surface area contributed by atoms with Crippen LogP contribution in [0.2, 0.25) is 0 Å². The maximum absolute atomic E-state index is 11.3. The van der Waals surface area contributed by atoms with Crippen LogP contribution < -0.4 is 5.32 Å². The van der Waals surface area contributed by atoms with E-state index in [0.29, 0.717) is 18.1 Å². The number of nitrogens with one attached hydrogen (secondary N) is 1. The minimum absolute atomic E-state index is 0.0244. The summed E-state index contributed by atoms with van der Waals surface area (Å²) in [6.45, 7) is 5.48. The molecule has 1 unspecified atom stereocenters. The second kappa shape index (κ2) is 6.67. The van der Waals surface area contributed by atoms with Gasteiger partial charge >= 0.3 is 5.97 Å². The van der Waals surface area contributed by atoms with Crippen molar-refractivity contribution in [1.29, 1.82) is 0 Å². The van der Waals surface area contributed by atoms with Crippen molar-refractivity contribution in [3.8, 4) is 0 Å². The van der Waals surface area contributed by atoms with E-state index in [1.165, 1.54) is 12.1 Å². The number of nitro groups is 1. The van der Waals surface area contributed by atoms with Gasteiger partial charge in [-0.15, -0.1) is 0 Å². The first-order valence-corrected chi connectivity index (χ1v) is 5.98. The first-order chi connectivity index (χ1) is 8.93. The van der Waals surface area contributed by atoms with Gasteiger partial charge in [-0.25, -0.2) is 4.98 Å². The second-order valence-electron chi connectivity index (χ2n) is 4.11. The van der Waals surface area contributed by atoms with Gasteiger partial charge < -0.3 is 10.1 Å². The lowest BCUT2D eigenvalue weighted by atomic mass is 10.2. The highest BCUT2D eigenvalue weighted by Gasteiger charge is 2.14. The number of nitrogens with zero attached hydrogens (tertiary/aromatic N) is 2. The summed E-state index contributed by atoms with van der Waals surface area (Å²) in [4.78, 5) is 25.5. The molecule has 1 atom stereocenters. The first-order valence-electron chi connectivity index (χ1n) is 5.98. The van der Waals surface area contributed by atoms with Crippen molar-refractivity contribution in [2.75, 3.05) is 11.9 Å². The van der Waals surface area contributed by atoms with Gasteiger partial charge in [0.2, 0.25) is 0 Å². The maximum Gasteiger partial charge on any atom is 0.307 e. The monoisotopic (exact) mass is 267 g/mol. The number of aryl methyl sites for hydroxylation is 1. The molecular weight excluding hydrogens is 250 g/mol. The summed E-state index contributed by atoms with van der Waals surface area (Å²) < 4.78 is 4.84. The zero-order valence-electron chi connectivity index (χ0n) is 11.2. The van der Waals surface area contributed by atoms with Crippen molar-refractivity contribution in [2.45, 2.75) is 33.2 Å². The van der Waals surface area contributed by atoms with Crippen LogP contribution in [-0.2, 0) is 9.53 Å². The summed E-state index contributed by atoms with van der Waals surface area (Å²) in [5.74, 6) is 0.209. The largest absolute Gasteiger partial charge is 0.466 e. The average molecular weight is 267 g/mol. The number of pyridine rings is 1. The highest BCUT2D eigenvalue weighted by Crippen LogP contribution is 2.18. The number of hydrogen-bond donors (Lipinski definition) is 1. The van der Waals surface area contributed by atoms with Gasteiger partial charge in [-0.2, -0.15) is 0 Å². The summed E-state index contributed by atoms with van der Waals surface area (Å²) >= 11 is 0. The summed E-state index contributed by atoms with van der Waals surface area (Å²) in [6.07, 6.45) is 0.214. The fraction of sp³-hybridized carbons (Fsp3) is 0.500. The van der Waals surface area contributed by atoms with Crippen molar-refractivity contribution in [2.24, 2.45) is 0 Å². The summed E-state index contributed by atoms with van der Waals surface area (Å²) in [7, 11) is 0. The third-order valence-corrected chi connectivity index (χ3v) is 2.43. The molecular formula is C12H17N3O4. The molecule has 19 heavy (non-hydrogen) atoms. The molecule has 0 aliphatic carbocycles. The molecule has 0 bridgehead atoms. The van der Waals surface area contributed by atoms with Crippen LogP contribution in [0.15, 0.2) is 12.1 Å². The van der Waals surface area contributed by atoms with Crippen molar-refractivity contribution in [1.82, 2.24) is 4.98 Å². The molecule has 0 aliphatic rings. The number of carbonyl (C=O) groups is 1. The van der Waals surface area contributed by atoms with E-state index < -0.39 is 4.92 Å². The van der Waals surface area contributed by atoms with Gasteiger partial charge in [0.1, 0.15) is 11.5 Å². The summed E-state index contributed by atoms with van der Waals surface area (Å²) in [5.41, 5.74) is 0.307. The maximum atomic E-state index is 11.3. The molecule has 0 saturated heterocycles. The molecule has 0 saturated carbocycles. The van der Waals surface area contributed by atoms with Crippen LogP contribution in [0, 0.1) is 17.0 Å². The van der Waals surface area contributed by atoms with E-state index >= 15 is 0 Å². The molecule has 1 N–H and O–H groups in total. The molecule has 104 valence electrons. The van der Waals surface area contributed by atoms with Gasteiger partial charge in [-0.1, -0.05) is 0 Å². The van der Waals surface area contributed by atoms with E-state index in [4.69, 9.17) is 4.74 Å². The molecule has 1 aromatic heterocycles.